The molecular formula is C13H12BrFN2O. The fourth-order valence-corrected chi connectivity index (χ4v) is 1.79. The molecule has 0 amide bonds. The van der Waals surface area contributed by atoms with Crippen molar-refractivity contribution in [2.75, 3.05) is 12.4 Å². The Hall–Kier alpha value is -1.62. The van der Waals surface area contributed by atoms with E-state index in [-0.39, 0.29) is 11.6 Å². The van der Waals surface area contributed by atoms with E-state index in [1.165, 1.54) is 6.07 Å². The first-order valence-electron chi connectivity index (χ1n) is 5.39. The number of anilines is 1. The SMILES string of the molecule is CNc1cc(COc2cc(Br)ccc2F)ccn1. The van der Waals surface area contributed by atoms with Gasteiger partial charge in [0.1, 0.15) is 12.4 Å². The Morgan fingerprint density at radius 2 is 2.17 bits per heavy atom. The van der Waals surface area contributed by atoms with Gasteiger partial charge < -0.3 is 10.1 Å². The summed E-state index contributed by atoms with van der Waals surface area (Å²) in [5, 5.41) is 2.94. The molecule has 0 saturated carbocycles. The molecule has 0 aliphatic rings. The van der Waals surface area contributed by atoms with Crippen molar-refractivity contribution in [3.63, 3.8) is 0 Å². The van der Waals surface area contributed by atoms with Gasteiger partial charge in [-0.1, -0.05) is 15.9 Å². The Bertz CT molecular complexity index is 548. The number of hydrogen-bond donors (Lipinski definition) is 1. The lowest BCUT2D eigenvalue weighted by Gasteiger charge is -2.08. The van der Waals surface area contributed by atoms with E-state index in [1.54, 1.807) is 25.4 Å². The number of pyridine rings is 1. The van der Waals surface area contributed by atoms with Crippen molar-refractivity contribution < 1.29 is 9.13 Å². The molecule has 1 heterocycles. The summed E-state index contributed by atoms with van der Waals surface area (Å²) in [4.78, 5) is 4.10. The van der Waals surface area contributed by atoms with Crippen molar-refractivity contribution in [1.29, 1.82) is 0 Å². The molecule has 2 aromatic rings. The van der Waals surface area contributed by atoms with E-state index in [2.05, 4.69) is 26.2 Å². The molecule has 0 saturated heterocycles. The summed E-state index contributed by atoms with van der Waals surface area (Å²) >= 11 is 3.28. The zero-order valence-electron chi connectivity index (χ0n) is 9.78. The maximum absolute atomic E-state index is 13.4. The van der Waals surface area contributed by atoms with Crippen LogP contribution in [0.15, 0.2) is 41.0 Å². The largest absolute Gasteiger partial charge is 0.486 e. The molecule has 0 unspecified atom stereocenters. The fraction of sp³-hybridized carbons (Fsp3) is 0.154. The molecule has 0 aliphatic carbocycles. The Morgan fingerprint density at radius 3 is 2.94 bits per heavy atom. The maximum Gasteiger partial charge on any atom is 0.165 e. The zero-order valence-corrected chi connectivity index (χ0v) is 11.4. The highest BCUT2D eigenvalue weighted by molar-refractivity contribution is 9.10. The molecule has 0 fully saturated rings. The summed E-state index contributed by atoms with van der Waals surface area (Å²) in [5.41, 5.74) is 0.925. The molecular weight excluding hydrogens is 299 g/mol. The average Bonchev–Trinajstić information content (AvgIpc) is 2.40. The van der Waals surface area contributed by atoms with Crippen LogP contribution in [0.25, 0.3) is 0 Å². The van der Waals surface area contributed by atoms with Crippen molar-refractivity contribution in [2.24, 2.45) is 0 Å². The summed E-state index contributed by atoms with van der Waals surface area (Å²) in [6.45, 7) is 0.296. The molecule has 0 spiro atoms. The monoisotopic (exact) mass is 310 g/mol. The molecule has 3 nitrogen and oxygen atoms in total. The highest BCUT2D eigenvalue weighted by Crippen LogP contribution is 2.23. The van der Waals surface area contributed by atoms with E-state index in [0.29, 0.717) is 6.61 Å². The van der Waals surface area contributed by atoms with Crippen LogP contribution in [0.1, 0.15) is 5.56 Å². The summed E-state index contributed by atoms with van der Waals surface area (Å²) in [6, 6.07) is 8.29. The third-order valence-corrected chi connectivity index (χ3v) is 2.86. The summed E-state index contributed by atoms with van der Waals surface area (Å²) in [5.74, 6) is 0.610. The van der Waals surface area contributed by atoms with Gasteiger partial charge >= 0.3 is 0 Å². The van der Waals surface area contributed by atoms with Crippen molar-refractivity contribution in [3.8, 4) is 5.75 Å². The normalized spacial score (nSPS) is 10.2. The first kappa shape index (κ1) is 12.8. The van der Waals surface area contributed by atoms with Gasteiger partial charge in [-0.3, -0.25) is 0 Å². The van der Waals surface area contributed by atoms with Crippen LogP contribution < -0.4 is 10.1 Å². The van der Waals surface area contributed by atoms with Crippen LogP contribution >= 0.6 is 15.9 Å². The molecule has 2 rings (SSSR count). The number of nitrogens with zero attached hydrogens (tertiary/aromatic N) is 1. The first-order valence-corrected chi connectivity index (χ1v) is 6.19. The molecule has 0 atom stereocenters. The van der Waals surface area contributed by atoms with Gasteiger partial charge in [-0.2, -0.15) is 0 Å². The summed E-state index contributed by atoms with van der Waals surface area (Å²) < 4.78 is 19.7. The summed E-state index contributed by atoms with van der Waals surface area (Å²) in [7, 11) is 1.79. The summed E-state index contributed by atoms with van der Waals surface area (Å²) in [6.07, 6.45) is 1.68. The second kappa shape index (κ2) is 5.82. The topological polar surface area (TPSA) is 34.1 Å². The molecule has 0 radical (unpaired) electrons. The minimum absolute atomic E-state index is 0.229. The van der Waals surface area contributed by atoms with Crippen molar-refractivity contribution >= 4 is 21.7 Å². The predicted octanol–water partition coefficient (Wildman–Crippen LogP) is 3.60. The number of rotatable bonds is 4. The average molecular weight is 311 g/mol. The molecule has 5 heteroatoms. The van der Waals surface area contributed by atoms with Gasteiger partial charge in [0.05, 0.1) is 0 Å². The van der Waals surface area contributed by atoms with Gasteiger partial charge in [0.2, 0.25) is 0 Å². The fourth-order valence-electron chi connectivity index (χ4n) is 1.45. The quantitative estimate of drug-likeness (QED) is 0.937. The van der Waals surface area contributed by atoms with Crippen LogP contribution in [0.4, 0.5) is 10.2 Å². The number of benzene rings is 1. The third-order valence-electron chi connectivity index (χ3n) is 2.37. The predicted molar refractivity (Wildman–Crippen MR) is 72.2 cm³/mol. The van der Waals surface area contributed by atoms with Gasteiger partial charge in [0.25, 0.3) is 0 Å². The Morgan fingerprint density at radius 1 is 1.33 bits per heavy atom. The second-order valence-electron chi connectivity index (χ2n) is 3.66. The first-order chi connectivity index (χ1) is 8.69. The highest BCUT2D eigenvalue weighted by atomic mass is 79.9. The highest BCUT2D eigenvalue weighted by Gasteiger charge is 2.04. The van der Waals surface area contributed by atoms with Crippen LogP contribution in [0.2, 0.25) is 0 Å². The maximum atomic E-state index is 13.4. The van der Waals surface area contributed by atoms with Gasteiger partial charge in [-0.25, -0.2) is 9.37 Å². The zero-order chi connectivity index (χ0) is 13.0. The van der Waals surface area contributed by atoms with Gasteiger partial charge in [0.15, 0.2) is 11.6 Å². The van der Waals surface area contributed by atoms with E-state index in [1.807, 2.05) is 12.1 Å². The standard InChI is InChI=1S/C13H12BrFN2O/c1-16-13-6-9(4-5-17-13)8-18-12-7-10(14)2-3-11(12)15/h2-7H,8H2,1H3,(H,16,17). The molecule has 1 aromatic carbocycles. The lowest BCUT2D eigenvalue weighted by Crippen LogP contribution is -1.99. The number of ether oxygens (including phenoxy) is 1. The van der Waals surface area contributed by atoms with Crippen molar-refractivity contribution in [2.45, 2.75) is 6.61 Å². The minimum Gasteiger partial charge on any atom is -0.486 e. The van der Waals surface area contributed by atoms with Gasteiger partial charge in [0, 0.05) is 17.7 Å². The molecule has 0 aliphatic heterocycles. The minimum atomic E-state index is -0.374. The van der Waals surface area contributed by atoms with Gasteiger partial charge in [-0.15, -0.1) is 0 Å². The lowest BCUT2D eigenvalue weighted by molar-refractivity contribution is 0.290. The van der Waals surface area contributed by atoms with Crippen molar-refractivity contribution in [3.05, 3.63) is 52.4 Å². The number of aromatic nitrogens is 1. The van der Waals surface area contributed by atoms with E-state index in [4.69, 9.17) is 4.74 Å². The molecule has 18 heavy (non-hydrogen) atoms. The lowest BCUT2D eigenvalue weighted by atomic mass is 10.2. The van der Waals surface area contributed by atoms with E-state index in [0.717, 1.165) is 15.9 Å². The van der Waals surface area contributed by atoms with Gasteiger partial charge in [-0.05, 0) is 35.9 Å². The molecule has 1 N–H and O–H groups in total. The van der Waals surface area contributed by atoms with E-state index in [9.17, 15) is 4.39 Å². The van der Waals surface area contributed by atoms with E-state index < -0.39 is 0 Å². The Kier molecular flexibility index (Phi) is 4.15. The van der Waals surface area contributed by atoms with Crippen LogP contribution in [0.5, 0.6) is 5.75 Å². The molecule has 1 aromatic heterocycles. The van der Waals surface area contributed by atoms with Crippen LogP contribution in [-0.2, 0) is 6.61 Å². The number of halogens is 2. The van der Waals surface area contributed by atoms with Crippen LogP contribution in [-0.4, -0.2) is 12.0 Å². The smallest absolute Gasteiger partial charge is 0.165 e. The Labute approximate surface area is 113 Å². The third kappa shape index (κ3) is 3.20. The molecule has 94 valence electrons. The van der Waals surface area contributed by atoms with Crippen molar-refractivity contribution in [1.82, 2.24) is 4.98 Å². The number of nitrogens with one attached hydrogen (secondary N) is 1. The Balaban J connectivity index is 2.08. The number of hydrogen-bond acceptors (Lipinski definition) is 3. The van der Waals surface area contributed by atoms with Crippen LogP contribution in [0, 0.1) is 5.82 Å². The van der Waals surface area contributed by atoms with E-state index >= 15 is 0 Å². The second-order valence-corrected chi connectivity index (χ2v) is 4.58. The molecule has 0 bridgehead atoms. The van der Waals surface area contributed by atoms with Crippen LogP contribution in [0.3, 0.4) is 0 Å².